The third kappa shape index (κ3) is 1.46. The van der Waals surface area contributed by atoms with E-state index in [0.29, 0.717) is 22.3 Å². The number of carboxylic acids is 1. The van der Waals surface area contributed by atoms with Crippen LogP contribution in [0.1, 0.15) is 10.4 Å². The number of hydrogen-bond acceptors (Lipinski definition) is 2. The molecule has 0 fully saturated rings. The van der Waals surface area contributed by atoms with Gasteiger partial charge in [-0.15, -0.1) is 0 Å². The Kier molecular flexibility index (Phi) is 2.16. The lowest BCUT2D eigenvalue weighted by Gasteiger charge is -1.94. The van der Waals surface area contributed by atoms with Crippen molar-refractivity contribution in [2.45, 2.75) is 0 Å². The SMILES string of the molecule is O=C(O)c1cn[nH]c1-c1cc2c(F)cccc2[nH]1. The Morgan fingerprint density at radius 2 is 2.22 bits per heavy atom. The number of H-pyrrole nitrogens is 2. The molecule has 18 heavy (non-hydrogen) atoms. The minimum absolute atomic E-state index is 0.0435. The van der Waals surface area contributed by atoms with Gasteiger partial charge in [-0.2, -0.15) is 5.10 Å². The van der Waals surface area contributed by atoms with Gasteiger partial charge in [0.1, 0.15) is 11.4 Å². The van der Waals surface area contributed by atoms with Crippen LogP contribution in [0.3, 0.4) is 0 Å². The summed E-state index contributed by atoms with van der Waals surface area (Å²) in [7, 11) is 0. The van der Waals surface area contributed by atoms with Gasteiger partial charge in [-0.3, -0.25) is 5.10 Å². The van der Waals surface area contributed by atoms with Crippen LogP contribution < -0.4 is 0 Å². The molecule has 0 unspecified atom stereocenters. The number of carboxylic acid groups (broad SMARTS) is 1. The van der Waals surface area contributed by atoms with E-state index in [0.717, 1.165) is 0 Å². The Bertz CT molecular complexity index is 745. The number of hydrogen-bond donors (Lipinski definition) is 3. The van der Waals surface area contributed by atoms with Crippen molar-refractivity contribution >= 4 is 16.9 Å². The van der Waals surface area contributed by atoms with E-state index in [1.807, 2.05) is 0 Å². The molecule has 1 aromatic carbocycles. The van der Waals surface area contributed by atoms with Crippen LogP contribution in [0, 0.1) is 5.82 Å². The molecule has 2 aromatic heterocycles. The second kappa shape index (κ2) is 3.69. The number of nitrogens with one attached hydrogen (secondary N) is 2. The van der Waals surface area contributed by atoms with Gasteiger partial charge in [-0.1, -0.05) is 6.07 Å². The normalized spacial score (nSPS) is 10.9. The lowest BCUT2D eigenvalue weighted by Crippen LogP contribution is -1.96. The van der Waals surface area contributed by atoms with Crippen molar-refractivity contribution in [2.75, 3.05) is 0 Å². The summed E-state index contributed by atoms with van der Waals surface area (Å²) >= 11 is 0. The summed E-state index contributed by atoms with van der Waals surface area (Å²) in [6.07, 6.45) is 1.22. The highest BCUT2D eigenvalue weighted by atomic mass is 19.1. The standard InChI is InChI=1S/C12H8FN3O2/c13-8-2-1-3-9-6(8)4-10(15-9)11-7(12(17)18)5-14-16-11/h1-5,15H,(H,14,16)(H,17,18). The quantitative estimate of drug-likeness (QED) is 0.648. The maximum Gasteiger partial charge on any atom is 0.339 e. The molecule has 0 amide bonds. The first kappa shape index (κ1) is 10.5. The number of carbonyl (C=O) groups is 1. The third-order valence-electron chi connectivity index (χ3n) is 2.75. The second-order valence-electron chi connectivity index (χ2n) is 3.85. The molecule has 3 N–H and O–H groups in total. The molecule has 2 heterocycles. The molecule has 0 saturated heterocycles. The van der Waals surface area contributed by atoms with E-state index in [1.165, 1.54) is 12.3 Å². The highest BCUT2D eigenvalue weighted by Gasteiger charge is 2.16. The van der Waals surface area contributed by atoms with Crippen molar-refractivity contribution in [2.24, 2.45) is 0 Å². The molecule has 5 nitrogen and oxygen atoms in total. The van der Waals surface area contributed by atoms with Crippen molar-refractivity contribution in [3.63, 3.8) is 0 Å². The lowest BCUT2D eigenvalue weighted by atomic mass is 10.2. The average Bonchev–Trinajstić information content (AvgIpc) is 2.95. The fraction of sp³-hybridized carbons (Fsp3) is 0. The molecule has 3 aromatic rings. The number of halogens is 1. The summed E-state index contributed by atoms with van der Waals surface area (Å²) < 4.78 is 13.5. The molecule has 0 radical (unpaired) electrons. The Morgan fingerprint density at radius 3 is 2.94 bits per heavy atom. The predicted octanol–water partition coefficient (Wildman–Crippen LogP) is 2.40. The number of aromatic nitrogens is 3. The van der Waals surface area contributed by atoms with Crippen LogP contribution in [0.4, 0.5) is 4.39 Å². The number of fused-ring (bicyclic) bond motifs is 1. The van der Waals surface area contributed by atoms with Gasteiger partial charge in [0.05, 0.1) is 17.6 Å². The summed E-state index contributed by atoms with van der Waals surface area (Å²) in [4.78, 5) is 13.9. The molecule has 0 bridgehead atoms. The number of rotatable bonds is 2. The van der Waals surface area contributed by atoms with Crippen molar-refractivity contribution < 1.29 is 14.3 Å². The van der Waals surface area contributed by atoms with Gasteiger partial charge in [0.15, 0.2) is 0 Å². The second-order valence-corrected chi connectivity index (χ2v) is 3.85. The van der Waals surface area contributed by atoms with E-state index in [-0.39, 0.29) is 11.4 Å². The highest BCUT2D eigenvalue weighted by Crippen LogP contribution is 2.26. The van der Waals surface area contributed by atoms with E-state index in [9.17, 15) is 9.18 Å². The van der Waals surface area contributed by atoms with Crippen LogP contribution in [-0.4, -0.2) is 26.3 Å². The molecular formula is C12H8FN3O2. The maximum atomic E-state index is 13.5. The fourth-order valence-electron chi connectivity index (χ4n) is 1.91. The van der Waals surface area contributed by atoms with Gasteiger partial charge in [0.25, 0.3) is 0 Å². The van der Waals surface area contributed by atoms with Crippen LogP contribution in [0.2, 0.25) is 0 Å². The van der Waals surface area contributed by atoms with E-state index >= 15 is 0 Å². The van der Waals surface area contributed by atoms with Gasteiger partial charge in [0, 0.05) is 10.9 Å². The topological polar surface area (TPSA) is 81.8 Å². The molecule has 0 aliphatic rings. The number of benzene rings is 1. The first-order chi connectivity index (χ1) is 8.66. The van der Waals surface area contributed by atoms with Gasteiger partial charge in [-0.25, -0.2) is 9.18 Å². The Hall–Kier alpha value is -2.63. The maximum absolute atomic E-state index is 13.5. The summed E-state index contributed by atoms with van der Waals surface area (Å²) in [5, 5.41) is 15.7. The summed E-state index contributed by atoms with van der Waals surface area (Å²) in [5.41, 5.74) is 1.47. The van der Waals surface area contributed by atoms with Gasteiger partial charge < -0.3 is 10.1 Å². The van der Waals surface area contributed by atoms with Crippen molar-refractivity contribution in [3.05, 3.63) is 41.8 Å². The molecule has 0 spiro atoms. The third-order valence-corrected chi connectivity index (χ3v) is 2.75. The van der Waals surface area contributed by atoms with Crippen LogP contribution in [0.25, 0.3) is 22.3 Å². The number of nitrogens with zero attached hydrogens (tertiary/aromatic N) is 1. The smallest absolute Gasteiger partial charge is 0.339 e. The molecule has 6 heteroatoms. The molecule has 0 aliphatic carbocycles. The Morgan fingerprint density at radius 1 is 1.39 bits per heavy atom. The molecule has 0 atom stereocenters. The Labute approximate surface area is 100 Å². The van der Waals surface area contributed by atoms with E-state index in [4.69, 9.17) is 5.11 Å². The van der Waals surface area contributed by atoms with Crippen molar-refractivity contribution in [1.82, 2.24) is 15.2 Å². The van der Waals surface area contributed by atoms with Gasteiger partial charge in [-0.05, 0) is 18.2 Å². The van der Waals surface area contributed by atoms with E-state index in [2.05, 4.69) is 15.2 Å². The minimum atomic E-state index is -1.09. The van der Waals surface area contributed by atoms with Gasteiger partial charge in [0.2, 0.25) is 0 Å². The first-order valence-electron chi connectivity index (χ1n) is 5.21. The average molecular weight is 245 g/mol. The largest absolute Gasteiger partial charge is 0.478 e. The first-order valence-corrected chi connectivity index (χ1v) is 5.21. The predicted molar refractivity (Wildman–Crippen MR) is 62.8 cm³/mol. The molecule has 0 aliphatic heterocycles. The minimum Gasteiger partial charge on any atom is -0.478 e. The number of aromatic carboxylic acids is 1. The molecule has 90 valence electrons. The zero-order valence-corrected chi connectivity index (χ0v) is 9.07. The van der Waals surface area contributed by atoms with Crippen LogP contribution in [0.15, 0.2) is 30.5 Å². The fourth-order valence-corrected chi connectivity index (χ4v) is 1.91. The van der Waals surface area contributed by atoms with Crippen LogP contribution in [0.5, 0.6) is 0 Å². The van der Waals surface area contributed by atoms with Gasteiger partial charge >= 0.3 is 5.97 Å². The molecule has 0 saturated carbocycles. The van der Waals surface area contributed by atoms with Crippen molar-refractivity contribution in [1.29, 1.82) is 0 Å². The zero-order chi connectivity index (χ0) is 12.7. The van der Waals surface area contributed by atoms with E-state index < -0.39 is 5.97 Å². The summed E-state index contributed by atoms with van der Waals surface area (Å²) in [6, 6.07) is 6.22. The van der Waals surface area contributed by atoms with Crippen molar-refractivity contribution in [3.8, 4) is 11.4 Å². The van der Waals surface area contributed by atoms with E-state index in [1.54, 1.807) is 18.2 Å². The molecular weight excluding hydrogens is 237 g/mol. The Balaban J connectivity index is 2.23. The monoisotopic (exact) mass is 245 g/mol. The van der Waals surface area contributed by atoms with Crippen LogP contribution >= 0.6 is 0 Å². The summed E-state index contributed by atoms with van der Waals surface area (Å²) in [6.45, 7) is 0. The number of aromatic amines is 2. The highest BCUT2D eigenvalue weighted by molar-refractivity contribution is 5.96. The van der Waals surface area contributed by atoms with Crippen LogP contribution in [-0.2, 0) is 0 Å². The lowest BCUT2D eigenvalue weighted by molar-refractivity contribution is 0.0698. The zero-order valence-electron chi connectivity index (χ0n) is 9.07. The summed E-state index contributed by atoms with van der Waals surface area (Å²) in [5.74, 6) is -1.44. The molecule has 3 rings (SSSR count).